The van der Waals surface area contributed by atoms with Gasteiger partial charge in [-0.25, -0.2) is 0 Å². The Bertz CT molecular complexity index is 1420. The van der Waals surface area contributed by atoms with Gasteiger partial charge in [0.15, 0.2) is 0 Å². The van der Waals surface area contributed by atoms with Crippen molar-refractivity contribution in [3.05, 3.63) is 60.2 Å². The summed E-state index contributed by atoms with van der Waals surface area (Å²) in [7, 11) is 0. The van der Waals surface area contributed by atoms with Gasteiger partial charge in [0, 0.05) is 11.2 Å². The molecule has 0 radical (unpaired) electrons. The van der Waals surface area contributed by atoms with Crippen LogP contribution in [0.5, 0.6) is 5.75 Å². The first kappa shape index (κ1) is 33.9. The fourth-order valence-corrected chi connectivity index (χ4v) is 8.68. The zero-order valence-corrected chi connectivity index (χ0v) is 28.4. The smallest absolute Gasteiger partial charge is 0.246 e. The first-order valence-corrected chi connectivity index (χ1v) is 16.7. The molecular formula is C37H51N3O6. The Kier molecular flexibility index (Phi) is 9.32. The van der Waals surface area contributed by atoms with Crippen LogP contribution in [-0.4, -0.2) is 69.8 Å². The first-order valence-electron chi connectivity index (χ1n) is 16.7. The van der Waals surface area contributed by atoms with Crippen molar-refractivity contribution < 1.29 is 29.0 Å². The van der Waals surface area contributed by atoms with Crippen molar-refractivity contribution in [1.29, 1.82) is 0 Å². The molecule has 3 amide bonds. The lowest BCUT2D eigenvalue weighted by Gasteiger charge is -2.40. The molecule has 3 heterocycles. The van der Waals surface area contributed by atoms with Crippen LogP contribution in [0, 0.1) is 17.3 Å². The van der Waals surface area contributed by atoms with Gasteiger partial charge in [-0.15, -0.1) is 0 Å². The number of aliphatic hydroxyl groups is 1. The van der Waals surface area contributed by atoms with Crippen molar-refractivity contribution in [3.63, 3.8) is 0 Å². The summed E-state index contributed by atoms with van der Waals surface area (Å²) in [5.41, 5.74) is -1.17. The van der Waals surface area contributed by atoms with Crippen LogP contribution in [0.15, 0.2) is 54.6 Å². The maximum absolute atomic E-state index is 14.8. The van der Waals surface area contributed by atoms with Crippen molar-refractivity contribution in [2.45, 2.75) is 109 Å². The van der Waals surface area contributed by atoms with E-state index < -0.39 is 40.7 Å². The Labute approximate surface area is 273 Å². The van der Waals surface area contributed by atoms with E-state index in [9.17, 15) is 19.5 Å². The largest absolute Gasteiger partial charge is 0.494 e. The topological polar surface area (TPSA) is 117 Å². The van der Waals surface area contributed by atoms with Crippen molar-refractivity contribution in [2.24, 2.45) is 17.3 Å². The van der Waals surface area contributed by atoms with E-state index in [0.717, 1.165) is 5.56 Å². The molecule has 46 heavy (non-hydrogen) atoms. The summed E-state index contributed by atoms with van der Waals surface area (Å²) in [5, 5.41) is 17.1. The number of anilines is 1. The number of carbonyl (C=O) groups is 3. The summed E-state index contributed by atoms with van der Waals surface area (Å²) in [5.74, 6) is -1.89. The van der Waals surface area contributed by atoms with Crippen LogP contribution in [0.4, 0.5) is 5.69 Å². The molecule has 1 spiro atoms. The average molecular weight is 634 g/mol. The summed E-state index contributed by atoms with van der Waals surface area (Å²) < 4.78 is 12.5. The van der Waals surface area contributed by atoms with Gasteiger partial charge in [-0.3, -0.25) is 14.4 Å². The minimum atomic E-state index is -1.19. The number of carbonyl (C=O) groups excluding carboxylic acids is 3. The molecule has 3 aliphatic heterocycles. The summed E-state index contributed by atoms with van der Waals surface area (Å²) in [6.07, 6.45) is 2.63. The quantitative estimate of drug-likeness (QED) is 0.299. The lowest BCUT2D eigenvalue weighted by molar-refractivity contribution is -0.151. The zero-order valence-electron chi connectivity index (χ0n) is 28.4. The third kappa shape index (κ3) is 6.28. The highest BCUT2D eigenvalue weighted by Gasteiger charge is 2.79. The third-order valence-corrected chi connectivity index (χ3v) is 9.93. The molecule has 6 atom stereocenters. The second kappa shape index (κ2) is 12.6. The zero-order chi connectivity index (χ0) is 33.5. The number of rotatable bonds is 12. The monoisotopic (exact) mass is 633 g/mol. The van der Waals surface area contributed by atoms with Crippen molar-refractivity contribution in [3.8, 4) is 5.75 Å². The molecule has 0 saturated carbocycles. The number of nitrogens with one attached hydrogen (secondary N) is 2. The highest BCUT2D eigenvalue weighted by Crippen LogP contribution is 2.64. The molecule has 250 valence electrons. The van der Waals surface area contributed by atoms with E-state index >= 15 is 0 Å². The van der Waals surface area contributed by atoms with Gasteiger partial charge in [-0.2, -0.15) is 0 Å². The highest BCUT2D eigenvalue weighted by atomic mass is 16.5. The number of ether oxygens (including phenoxy) is 2. The van der Waals surface area contributed by atoms with E-state index in [-0.39, 0.29) is 29.7 Å². The van der Waals surface area contributed by atoms with Gasteiger partial charge >= 0.3 is 0 Å². The first-order chi connectivity index (χ1) is 21.7. The number of fused-ring (bicyclic) bond motifs is 1. The van der Waals surface area contributed by atoms with Gasteiger partial charge in [0.05, 0.1) is 36.7 Å². The Morgan fingerprint density at radius 1 is 1.02 bits per heavy atom. The Morgan fingerprint density at radius 2 is 1.70 bits per heavy atom. The number of likely N-dealkylation sites (tertiary alicyclic amines) is 1. The van der Waals surface area contributed by atoms with Crippen LogP contribution in [0.25, 0.3) is 0 Å². The summed E-state index contributed by atoms with van der Waals surface area (Å²) in [6, 6.07) is 15.1. The lowest BCUT2D eigenvalue weighted by atomic mass is 9.65. The molecule has 2 aromatic carbocycles. The predicted molar refractivity (Wildman–Crippen MR) is 177 cm³/mol. The molecule has 9 nitrogen and oxygen atoms in total. The van der Waals surface area contributed by atoms with E-state index in [0.29, 0.717) is 50.1 Å². The summed E-state index contributed by atoms with van der Waals surface area (Å²) in [4.78, 5) is 45.1. The number of aliphatic hydroxyl groups excluding tert-OH is 1. The van der Waals surface area contributed by atoms with Gasteiger partial charge in [0.1, 0.15) is 17.4 Å². The fourth-order valence-electron chi connectivity index (χ4n) is 8.68. The second-order valence-corrected chi connectivity index (χ2v) is 15.2. The highest BCUT2D eigenvalue weighted by molar-refractivity contribution is 6.02. The molecule has 2 unspecified atom stereocenters. The van der Waals surface area contributed by atoms with E-state index in [1.165, 1.54) is 0 Å². The SMILES string of the molecule is CCOc1ccc(NC(=O)[C@@H]2[C@H]3C(=O)N([C@@H](CO)Cc4ccccc4)C(C(=O)NC(C)(C)CC(C)(C)C)C34CC[C@@]2(CC)O4)cc1. The summed E-state index contributed by atoms with van der Waals surface area (Å²) >= 11 is 0. The molecule has 3 fully saturated rings. The van der Waals surface area contributed by atoms with Crippen LogP contribution in [0.1, 0.15) is 79.7 Å². The standard InChI is InChI=1S/C37H51N3O6/c1-8-36-19-20-37(46-36)29(28(36)31(42)38-25-15-17-27(18-16-25)45-9-2)33(44)40(26(22-41)21-24-13-11-10-12-14-24)30(37)32(43)39-35(6,7)23-34(3,4)5/h10-18,26,28-30,41H,8-9,19-23H2,1-7H3,(H,38,42)(H,39,43)/t26-,28+,29+,30?,36-,37?/m1/s1. The third-order valence-electron chi connectivity index (χ3n) is 9.93. The molecule has 2 bridgehead atoms. The van der Waals surface area contributed by atoms with E-state index in [1.807, 2.05) is 58.0 Å². The van der Waals surface area contributed by atoms with Crippen molar-refractivity contribution in [1.82, 2.24) is 10.2 Å². The molecular weight excluding hydrogens is 582 g/mol. The molecule has 0 aliphatic carbocycles. The number of benzene rings is 2. The van der Waals surface area contributed by atoms with E-state index in [1.54, 1.807) is 29.2 Å². The maximum Gasteiger partial charge on any atom is 0.246 e. The van der Waals surface area contributed by atoms with Crippen LogP contribution < -0.4 is 15.4 Å². The minimum absolute atomic E-state index is 0.0532. The molecule has 5 rings (SSSR count). The van der Waals surface area contributed by atoms with Gasteiger partial charge in [-0.05, 0) is 88.1 Å². The lowest BCUT2D eigenvalue weighted by Crippen LogP contribution is -2.61. The molecule has 3 saturated heterocycles. The molecule has 2 aromatic rings. The Hall–Kier alpha value is -3.43. The molecule has 0 aromatic heterocycles. The van der Waals surface area contributed by atoms with Crippen molar-refractivity contribution in [2.75, 3.05) is 18.5 Å². The molecule has 9 heteroatoms. The Balaban J connectivity index is 1.54. The fraction of sp³-hybridized carbons (Fsp3) is 0.595. The number of amides is 3. The van der Waals surface area contributed by atoms with Gasteiger partial charge in [0.25, 0.3) is 0 Å². The van der Waals surface area contributed by atoms with E-state index in [4.69, 9.17) is 9.47 Å². The normalized spacial score (nSPS) is 27.8. The van der Waals surface area contributed by atoms with Gasteiger partial charge in [-0.1, -0.05) is 58.0 Å². The second-order valence-electron chi connectivity index (χ2n) is 15.2. The van der Waals surface area contributed by atoms with Gasteiger partial charge < -0.3 is 30.1 Å². The predicted octanol–water partition coefficient (Wildman–Crippen LogP) is 5.11. The van der Waals surface area contributed by atoms with Crippen LogP contribution in [-0.2, 0) is 25.5 Å². The van der Waals surface area contributed by atoms with Crippen LogP contribution >= 0.6 is 0 Å². The Morgan fingerprint density at radius 3 is 2.28 bits per heavy atom. The van der Waals surface area contributed by atoms with Crippen LogP contribution in [0.3, 0.4) is 0 Å². The minimum Gasteiger partial charge on any atom is -0.494 e. The maximum atomic E-state index is 14.8. The molecule has 3 N–H and O–H groups in total. The van der Waals surface area contributed by atoms with E-state index in [2.05, 4.69) is 31.4 Å². The molecule has 3 aliphatic rings. The van der Waals surface area contributed by atoms with Gasteiger partial charge in [0.2, 0.25) is 17.7 Å². The number of nitrogens with zero attached hydrogens (tertiary/aromatic N) is 1. The number of hydrogen-bond acceptors (Lipinski definition) is 6. The average Bonchev–Trinajstić information content (AvgIpc) is 3.59. The van der Waals surface area contributed by atoms with Crippen molar-refractivity contribution >= 4 is 23.4 Å². The van der Waals surface area contributed by atoms with Crippen LogP contribution in [0.2, 0.25) is 0 Å². The number of hydrogen-bond donors (Lipinski definition) is 3. The summed E-state index contributed by atoms with van der Waals surface area (Å²) in [6.45, 7) is 14.5.